The first-order chi connectivity index (χ1) is 7.72. The molecule has 0 saturated heterocycles. The summed E-state index contributed by atoms with van der Waals surface area (Å²) in [5, 5.41) is 0. The molecule has 0 radical (unpaired) electrons. The summed E-state index contributed by atoms with van der Waals surface area (Å²) >= 11 is 0. The largest absolute Gasteiger partial charge is 0.475 e. The van der Waals surface area contributed by atoms with E-state index in [-0.39, 0.29) is 0 Å². The summed E-state index contributed by atoms with van der Waals surface area (Å²) in [5.41, 5.74) is 2.46. The van der Waals surface area contributed by atoms with Crippen LogP contribution in [-0.2, 0) is 4.74 Å². The van der Waals surface area contributed by atoms with Crippen molar-refractivity contribution in [1.82, 2.24) is 4.98 Å². The van der Waals surface area contributed by atoms with E-state index in [9.17, 15) is 0 Å². The minimum absolute atomic E-state index is 0.494. The lowest BCUT2D eigenvalue weighted by atomic mass is 10.2. The van der Waals surface area contributed by atoms with Crippen molar-refractivity contribution in [3.8, 4) is 5.88 Å². The summed E-state index contributed by atoms with van der Waals surface area (Å²) in [7, 11) is 0. The van der Waals surface area contributed by atoms with Gasteiger partial charge in [-0.15, -0.1) is 0 Å². The van der Waals surface area contributed by atoms with Crippen LogP contribution in [0.15, 0.2) is 18.2 Å². The molecule has 1 heterocycles. The maximum Gasteiger partial charge on any atom is 0.215 e. The molecule has 0 spiro atoms. The first-order valence-corrected chi connectivity index (χ1v) is 5.36. The lowest BCUT2D eigenvalue weighted by Gasteiger charge is -2.08. The maximum atomic E-state index is 5.40. The molecule has 1 aromatic rings. The van der Waals surface area contributed by atoms with E-state index in [4.69, 9.17) is 15.3 Å². The van der Waals surface area contributed by atoms with Gasteiger partial charge in [0.2, 0.25) is 5.88 Å². The van der Waals surface area contributed by atoms with E-state index in [1.807, 2.05) is 6.07 Å². The second kappa shape index (κ2) is 7.03. The highest BCUT2D eigenvalue weighted by atomic mass is 16.5. The molecule has 16 heavy (non-hydrogen) atoms. The molecule has 0 aliphatic heterocycles. The summed E-state index contributed by atoms with van der Waals surface area (Å²) in [5.74, 6) is 6.91. The van der Waals surface area contributed by atoms with Crippen LogP contribution in [0.2, 0.25) is 0 Å². The molecular formula is C11H19N3O2. The van der Waals surface area contributed by atoms with E-state index in [2.05, 4.69) is 24.3 Å². The number of nitrogens with zero attached hydrogens (tertiary/aromatic N) is 1. The normalized spacial score (nSPS) is 10.5. The van der Waals surface area contributed by atoms with Crippen molar-refractivity contribution in [3.63, 3.8) is 0 Å². The Morgan fingerprint density at radius 2 is 2.19 bits per heavy atom. The third-order valence-corrected chi connectivity index (χ3v) is 1.80. The number of hydrazine groups is 1. The zero-order valence-corrected chi connectivity index (χ0v) is 9.77. The summed E-state index contributed by atoms with van der Waals surface area (Å²) in [4.78, 5) is 4.11. The first-order valence-electron chi connectivity index (χ1n) is 5.36. The molecule has 0 bridgehead atoms. The maximum absolute atomic E-state index is 5.40. The first kappa shape index (κ1) is 12.7. The smallest absolute Gasteiger partial charge is 0.215 e. The van der Waals surface area contributed by atoms with Crippen LogP contribution >= 0.6 is 0 Å². The molecule has 0 amide bonds. The number of pyridine rings is 1. The molecule has 0 atom stereocenters. The van der Waals surface area contributed by atoms with Gasteiger partial charge in [0, 0.05) is 12.7 Å². The molecule has 5 heteroatoms. The van der Waals surface area contributed by atoms with Gasteiger partial charge in [-0.1, -0.05) is 19.9 Å². The summed E-state index contributed by atoms with van der Waals surface area (Å²) < 4.78 is 10.8. The van der Waals surface area contributed by atoms with Gasteiger partial charge in [0.25, 0.3) is 0 Å². The topological polar surface area (TPSA) is 69.4 Å². The van der Waals surface area contributed by atoms with Gasteiger partial charge in [0.05, 0.1) is 6.61 Å². The molecule has 5 nitrogen and oxygen atoms in total. The van der Waals surface area contributed by atoms with E-state index in [0.717, 1.165) is 6.61 Å². The van der Waals surface area contributed by atoms with E-state index in [1.165, 1.54) is 0 Å². The van der Waals surface area contributed by atoms with Crippen molar-refractivity contribution in [2.24, 2.45) is 11.8 Å². The predicted molar refractivity (Wildman–Crippen MR) is 63.2 cm³/mol. The molecule has 0 aliphatic rings. The highest BCUT2D eigenvalue weighted by molar-refractivity contribution is 5.35. The fourth-order valence-corrected chi connectivity index (χ4v) is 1.10. The fraction of sp³-hybridized carbons (Fsp3) is 0.545. The van der Waals surface area contributed by atoms with Crippen LogP contribution in [-0.4, -0.2) is 24.8 Å². The Labute approximate surface area is 95.9 Å². The van der Waals surface area contributed by atoms with Gasteiger partial charge in [0.15, 0.2) is 0 Å². The zero-order valence-electron chi connectivity index (χ0n) is 9.77. The molecule has 0 fully saturated rings. The molecule has 1 aromatic heterocycles. The molecular weight excluding hydrogens is 206 g/mol. The van der Waals surface area contributed by atoms with Crippen LogP contribution in [0.1, 0.15) is 13.8 Å². The monoisotopic (exact) mass is 225 g/mol. The number of hydrogen-bond acceptors (Lipinski definition) is 5. The van der Waals surface area contributed by atoms with Crippen molar-refractivity contribution in [3.05, 3.63) is 18.2 Å². The quantitative estimate of drug-likeness (QED) is 0.417. The SMILES string of the molecule is CC(C)COCCOc1cccc(NN)n1. The fourth-order valence-electron chi connectivity index (χ4n) is 1.10. The number of rotatable bonds is 7. The highest BCUT2D eigenvalue weighted by Crippen LogP contribution is 2.09. The third-order valence-electron chi connectivity index (χ3n) is 1.80. The van der Waals surface area contributed by atoms with E-state index in [0.29, 0.717) is 30.8 Å². The zero-order chi connectivity index (χ0) is 11.8. The standard InChI is InChI=1S/C11H19N3O2/c1-9(2)8-15-6-7-16-11-5-3-4-10(13-11)14-12/h3-5,9H,6-8,12H2,1-2H3,(H,13,14). The van der Waals surface area contributed by atoms with E-state index in [1.54, 1.807) is 12.1 Å². The van der Waals surface area contributed by atoms with Crippen molar-refractivity contribution < 1.29 is 9.47 Å². The van der Waals surface area contributed by atoms with Gasteiger partial charge in [-0.3, -0.25) is 0 Å². The number of nitrogens with two attached hydrogens (primary N) is 1. The molecule has 3 N–H and O–H groups in total. The Balaban J connectivity index is 2.21. The van der Waals surface area contributed by atoms with Gasteiger partial charge in [-0.05, 0) is 12.0 Å². The number of hydrogen-bond donors (Lipinski definition) is 2. The highest BCUT2D eigenvalue weighted by Gasteiger charge is 1.98. The lowest BCUT2D eigenvalue weighted by Crippen LogP contribution is -2.12. The van der Waals surface area contributed by atoms with Crippen molar-refractivity contribution in [1.29, 1.82) is 0 Å². The van der Waals surface area contributed by atoms with Crippen LogP contribution in [0.25, 0.3) is 0 Å². The number of anilines is 1. The second-order valence-electron chi connectivity index (χ2n) is 3.82. The van der Waals surface area contributed by atoms with Gasteiger partial charge in [0.1, 0.15) is 12.4 Å². The molecule has 1 rings (SSSR count). The van der Waals surface area contributed by atoms with Crippen molar-refractivity contribution in [2.45, 2.75) is 13.8 Å². The molecule has 0 aromatic carbocycles. The van der Waals surface area contributed by atoms with Crippen molar-refractivity contribution >= 4 is 5.82 Å². The molecule has 0 saturated carbocycles. The minimum atomic E-state index is 0.494. The summed E-state index contributed by atoms with van der Waals surface area (Å²) in [6.45, 7) is 6.03. The van der Waals surface area contributed by atoms with Gasteiger partial charge in [-0.25, -0.2) is 5.84 Å². The van der Waals surface area contributed by atoms with E-state index < -0.39 is 0 Å². The number of aromatic nitrogens is 1. The Kier molecular flexibility index (Phi) is 5.60. The predicted octanol–water partition coefficient (Wildman–Crippen LogP) is 1.42. The molecule has 0 unspecified atom stereocenters. The Morgan fingerprint density at radius 1 is 1.38 bits per heavy atom. The lowest BCUT2D eigenvalue weighted by molar-refractivity contribution is 0.0807. The van der Waals surface area contributed by atoms with Gasteiger partial charge in [-0.2, -0.15) is 4.98 Å². The molecule has 90 valence electrons. The van der Waals surface area contributed by atoms with E-state index >= 15 is 0 Å². The molecule has 0 aliphatic carbocycles. The average molecular weight is 225 g/mol. The van der Waals surface area contributed by atoms with Crippen LogP contribution in [0.3, 0.4) is 0 Å². The minimum Gasteiger partial charge on any atom is -0.475 e. The summed E-state index contributed by atoms with van der Waals surface area (Å²) in [6, 6.07) is 5.37. The average Bonchev–Trinajstić information content (AvgIpc) is 2.28. The number of nitrogens with one attached hydrogen (secondary N) is 1. The van der Waals surface area contributed by atoms with Crippen molar-refractivity contribution in [2.75, 3.05) is 25.2 Å². The van der Waals surface area contributed by atoms with Gasteiger partial charge >= 0.3 is 0 Å². The van der Waals surface area contributed by atoms with Crippen LogP contribution in [0.4, 0.5) is 5.82 Å². The Hall–Kier alpha value is -1.33. The Bertz CT molecular complexity index is 305. The second-order valence-corrected chi connectivity index (χ2v) is 3.82. The Morgan fingerprint density at radius 3 is 2.88 bits per heavy atom. The van der Waals surface area contributed by atoms with Gasteiger partial charge < -0.3 is 14.9 Å². The third kappa shape index (κ3) is 4.95. The van der Waals surface area contributed by atoms with Crippen LogP contribution in [0, 0.1) is 5.92 Å². The summed E-state index contributed by atoms with van der Waals surface area (Å²) in [6.07, 6.45) is 0. The van der Waals surface area contributed by atoms with Crippen LogP contribution in [0.5, 0.6) is 5.88 Å². The number of nitrogen functional groups attached to an aromatic ring is 1. The number of ether oxygens (including phenoxy) is 2. The van der Waals surface area contributed by atoms with Crippen LogP contribution < -0.4 is 16.0 Å².